The monoisotopic (exact) mass is 203 g/mol. The molecule has 1 saturated carbocycles. The normalized spacial score (nSPS) is 25.1. The average molecular weight is 203 g/mol. The highest BCUT2D eigenvalue weighted by atomic mass is 16.4. The summed E-state index contributed by atoms with van der Waals surface area (Å²) in [6.45, 7) is 0. The first-order valence-corrected chi connectivity index (χ1v) is 5.67. The first-order chi connectivity index (χ1) is 7.42. The van der Waals surface area contributed by atoms with Gasteiger partial charge in [-0.3, -0.25) is 0 Å². The van der Waals surface area contributed by atoms with E-state index in [0.29, 0.717) is 5.92 Å². The molecular weight excluding hydrogens is 186 g/mol. The average Bonchev–Trinajstić information content (AvgIpc) is 2.55. The number of hydrogen-bond acceptors (Lipinski definition) is 2. The van der Waals surface area contributed by atoms with Crippen LogP contribution in [0.3, 0.4) is 0 Å². The zero-order valence-electron chi connectivity index (χ0n) is 8.89. The van der Waals surface area contributed by atoms with Gasteiger partial charge in [-0.05, 0) is 24.8 Å². The molecule has 1 aromatic rings. The maximum Gasteiger partial charge on any atom is 0.0645 e. The fourth-order valence-corrected chi connectivity index (χ4v) is 2.34. The van der Waals surface area contributed by atoms with E-state index in [4.69, 9.17) is 5.21 Å². The third kappa shape index (κ3) is 2.38. The maximum atomic E-state index is 9.04. The minimum atomic E-state index is 0.332. The van der Waals surface area contributed by atoms with E-state index in [1.54, 1.807) is 0 Å². The van der Waals surface area contributed by atoms with Crippen LogP contribution >= 0.6 is 0 Å². The molecule has 0 bridgehead atoms. The lowest BCUT2D eigenvalue weighted by Gasteiger charge is -2.15. The molecule has 1 N–H and O–H groups in total. The van der Waals surface area contributed by atoms with E-state index < -0.39 is 0 Å². The molecule has 0 heterocycles. The molecule has 1 aliphatic carbocycles. The Hall–Kier alpha value is -1.31. The largest absolute Gasteiger partial charge is 0.411 e. The van der Waals surface area contributed by atoms with Crippen molar-refractivity contribution >= 4 is 5.71 Å². The Morgan fingerprint density at radius 1 is 1.07 bits per heavy atom. The molecule has 1 aromatic carbocycles. The number of hydrogen-bond donors (Lipinski definition) is 1. The SMILES string of the molecule is O/N=C1\CCCCC[C@@H]1c1ccccc1. The molecule has 1 atom stereocenters. The number of benzene rings is 1. The Kier molecular flexibility index (Phi) is 3.38. The van der Waals surface area contributed by atoms with Gasteiger partial charge in [0.25, 0.3) is 0 Å². The van der Waals surface area contributed by atoms with E-state index in [2.05, 4.69) is 29.4 Å². The highest BCUT2D eigenvalue weighted by Crippen LogP contribution is 2.29. The highest BCUT2D eigenvalue weighted by molar-refractivity contribution is 5.90. The first-order valence-electron chi connectivity index (χ1n) is 5.67. The van der Waals surface area contributed by atoms with Crippen LogP contribution in [0, 0.1) is 0 Å². The van der Waals surface area contributed by atoms with Crippen LogP contribution in [0.2, 0.25) is 0 Å². The lowest BCUT2D eigenvalue weighted by Crippen LogP contribution is -2.10. The van der Waals surface area contributed by atoms with Crippen molar-refractivity contribution in [2.45, 2.75) is 38.0 Å². The van der Waals surface area contributed by atoms with Gasteiger partial charge in [-0.25, -0.2) is 0 Å². The van der Waals surface area contributed by atoms with Gasteiger partial charge in [-0.15, -0.1) is 0 Å². The van der Waals surface area contributed by atoms with Gasteiger partial charge in [0.05, 0.1) is 5.71 Å². The molecule has 0 aromatic heterocycles. The number of nitrogens with zero attached hydrogens (tertiary/aromatic N) is 1. The van der Waals surface area contributed by atoms with Gasteiger partial charge in [-0.2, -0.15) is 0 Å². The van der Waals surface area contributed by atoms with Crippen molar-refractivity contribution in [3.8, 4) is 0 Å². The zero-order valence-corrected chi connectivity index (χ0v) is 8.89. The summed E-state index contributed by atoms with van der Waals surface area (Å²) in [7, 11) is 0. The summed E-state index contributed by atoms with van der Waals surface area (Å²) in [4.78, 5) is 0. The van der Waals surface area contributed by atoms with E-state index in [1.807, 2.05) is 6.07 Å². The van der Waals surface area contributed by atoms with Crippen molar-refractivity contribution in [2.24, 2.45) is 5.16 Å². The van der Waals surface area contributed by atoms with Gasteiger partial charge in [0.2, 0.25) is 0 Å². The summed E-state index contributed by atoms with van der Waals surface area (Å²) in [6.07, 6.45) is 5.70. The predicted molar refractivity (Wildman–Crippen MR) is 61.5 cm³/mol. The van der Waals surface area contributed by atoms with Crippen LogP contribution in [0.5, 0.6) is 0 Å². The lowest BCUT2D eigenvalue weighted by molar-refractivity contribution is 0.315. The van der Waals surface area contributed by atoms with E-state index in [0.717, 1.165) is 25.0 Å². The Labute approximate surface area is 90.6 Å². The summed E-state index contributed by atoms with van der Waals surface area (Å²) in [5.41, 5.74) is 2.24. The highest BCUT2D eigenvalue weighted by Gasteiger charge is 2.20. The lowest BCUT2D eigenvalue weighted by atomic mass is 9.90. The van der Waals surface area contributed by atoms with Crippen molar-refractivity contribution in [1.29, 1.82) is 0 Å². The number of oxime groups is 1. The Balaban J connectivity index is 2.25. The van der Waals surface area contributed by atoms with Gasteiger partial charge in [0, 0.05) is 5.92 Å². The van der Waals surface area contributed by atoms with Gasteiger partial charge in [0.15, 0.2) is 0 Å². The van der Waals surface area contributed by atoms with Gasteiger partial charge < -0.3 is 5.21 Å². The second kappa shape index (κ2) is 4.96. The third-order valence-electron chi connectivity index (χ3n) is 3.16. The molecule has 1 aliphatic rings. The Bertz CT molecular complexity index is 332. The van der Waals surface area contributed by atoms with Crippen LogP contribution in [0.15, 0.2) is 35.5 Å². The molecule has 0 saturated heterocycles. The maximum absolute atomic E-state index is 9.04. The summed E-state index contributed by atoms with van der Waals surface area (Å²) in [5, 5.41) is 12.5. The fraction of sp³-hybridized carbons (Fsp3) is 0.462. The Morgan fingerprint density at radius 2 is 1.87 bits per heavy atom. The topological polar surface area (TPSA) is 32.6 Å². The molecule has 1 fully saturated rings. The number of rotatable bonds is 1. The standard InChI is InChI=1S/C13H17NO/c15-14-13-10-6-2-5-9-12(13)11-7-3-1-4-8-11/h1,3-4,7-8,12,15H,2,5-6,9-10H2/b14-13+/t12-/m1/s1. The quantitative estimate of drug-likeness (QED) is 0.422. The molecule has 15 heavy (non-hydrogen) atoms. The molecule has 0 spiro atoms. The van der Waals surface area contributed by atoms with Crippen LogP contribution in [-0.2, 0) is 0 Å². The van der Waals surface area contributed by atoms with E-state index >= 15 is 0 Å². The fourth-order valence-electron chi connectivity index (χ4n) is 2.34. The molecule has 2 heteroatoms. The van der Waals surface area contributed by atoms with Crippen LogP contribution < -0.4 is 0 Å². The van der Waals surface area contributed by atoms with Crippen molar-refractivity contribution < 1.29 is 5.21 Å². The van der Waals surface area contributed by atoms with Gasteiger partial charge in [0.1, 0.15) is 0 Å². The van der Waals surface area contributed by atoms with E-state index in [-0.39, 0.29) is 0 Å². The minimum absolute atomic E-state index is 0.332. The van der Waals surface area contributed by atoms with Crippen LogP contribution in [0.25, 0.3) is 0 Å². The molecule has 0 unspecified atom stereocenters. The smallest absolute Gasteiger partial charge is 0.0645 e. The summed E-state index contributed by atoms with van der Waals surface area (Å²) >= 11 is 0. The minimum Gasteiger partial charge on any atom is -0.411 e. The predicted octanol–water partition coefficient (Wildman–Crippen LogP) is 3.56. The molecule has 2 rings (SSSR count). The first kappa shape index (κ1) is 10.2. The summed E-state index contributed by atoms with van der Waals surface area (Å²) in [5.74, 6) is 0.332. The molecule has 0 radical (unpaired) electrons. The Morgan fingerprint density at radius 3 is 2.60 bits per heavy atom. The second-order valence-electron chi connectivity index (χ2n) is 4.15. The van der Waals surface area contributed by atoms with Gasteiger partial charge >= 0.3 is 0 Å². The van der Waals surface area contributed by atoms with E-state index in [9.17, 15) is 0 Å². The van der Waals surface area contributed by atoms with Crippen molar-refractivity contribution in [3.63, 3.8) is 0 Å². The van der Waals surface area contributed by atoms with Crippen LogP contribution in [0.4, 0.5) is 0 Å². The summed E-state index contributed by atoms with van der Waals surface area (Å²) in [6, 6.07) is 10.4. The molecular formula is C13H17NO. The van der Waals surface area contributed by atoms with Gasteiger partial charge in [-0.1, -0.05) is 48.3 Å². The molecule has 2 nitrogen and oxygen atoms in total. The van der Waals surface area contributed by atoms with Crippen molar-refractivity contribution in [2.75, 3.05) is 0 Å². The van der Waals surface area contributed by atoms with Crippen molar-refractivity contribution in [1.82, 2.24) is 0 Å². The second-order valence-corrected chi connectivity index (χ2v) is 4.15. The third-order valence-corrected chi connectivity index (χ3v) is 3.16. The molecule has 0 aliphatic heterocycles. The van der Waals surface area contributed by atoms with Crippen molar-refractivity contribution in [3.05, 3.63) is 35.9 Å². The van der Waals surface area contributed by atoms with Crippen LogP contribution in [0.1, 0.15) is 43.6 Å². The summed E-state index contributed by atoms with van der Waals surface area (Å²) < 4.78 is 0. The van der Waals surface area contributed by atoms with Crippen LogP contribution in [-0.4, -0.2) is 10.9 Å². The zero-order chi connectivity index (χ0) is 10.5. The molecule has 0 amide bonds. The van der Waals surface area contributed by atoms with E-state index in [1.165, 1.54) is 18.4 Å². The molecule has 80 valence electrons.